The van der Waals surface area contributed by atoms with Gasteiger partial charge in [0.05, 0.1) is 0 Å². The van der Waals surface area contributed by atoms with Gasteiger partial charge in [-0.05, 0) is 63.3 Å². The van der Waals surface area contributed by atoms with Crippen LogP contribution in [0.1, 0.15) is 50.8 Å². The standard InChI is InChI=1S/C17H26N2O2/c1-4-19(5-2)17(20)12(3)21-14-10-9-13-7-6-8-16(18)15(13)11-14/h9-12,16H,4-8,18H2,1-3H3/t12?,16-/m1/s1. The summed E-state index contributed by atoms with van der Waals surface area (Å²) in [7, 11) is 0. The van der Waals surface area contributed by atoms with Gasteiger partial charge >= 0.3 is 0 Å². The van der Waals surface area contributed by atoms with Crippen LogP contribution in [-0.4, -0.2) is 30.0 Å². The van der Waals surface area contributed by atoms with Crippen LogP contribution in [0, 0.1) is 0 Å². The third kappa shape index (κ3) is 3.56. The molecule has 21 heavy (non-hydrogen) atoms. The number of nitrogens with two attached hydrogens (primary N) is 1. The van der Waals surface area contributed by atoms with Crippen molar-refractivity contribution in [3.05, 3.63) is 29.3 Å². The van der Waals surface area contributed by atoms with Crippen LogP contribution in [0.4, 0.5) is 0 Å². The number of ether oxygens (including phenoxy) is 1. The molecule has 0 saturated heterocycles. The van der Waals surface area contributed by atoms with Crippen molar-refractivity contribution in [3.8, 4) is 5.75 Å². The fourth-order valence-electron chi connectivity index (χ4n) is 2.93. The zero-order chi connectivity index (χ0) is 15.4. The zero-order valence-corrected chi connectivity index (χ0v) is 13.3. The normalized spacial score (nSPS) is 18.8. The van der Waals surface area contributed by atoms with Crippen LogP contribution in [0.25, 0.3) is 0 Å². The van der Waals surface area contributed by atoms with E-state index in [1.54, 1.807) is 11.8 Å². The molecule has 0 aromatic heterocycles. The summed E-state index contributed by atoms with van der Waals surface area (Å²) in [5.74, 6) is 0.765. The van der Waals surface area contributed by atoms with Crippen molar-refractivity contribution >= 4 is 5.91 Å². The van der Waals surface area contributed by atoms with Gasteiger partial charge < -0.3 is 15.4 Å². The maximum atomic E-state index is 12.2. The molecule has 1 aliphatic rings. The molecule has 0 saturated carbocycles. The Balaban J connectivity index is 2.09. The van der Waals surface area contributed by atoms with Gasteiger partial charge in [0.25, 0.3) is 5.91 Å². The first-order valence-corrected chi connectivity index (χ1v) is 7.90. The molecule has 0 spiro atoms. The van der Waals surface area contributed by atoms with Gasteiger partial charge in [0, 0.05) is 19.1 Å². The van der Waals surface area contributed by atoms with Crippen LogP contribution in [-0.2, 0) is 11.2 Å². The number of nitrogens with zero attached hydrogens (tertiary/aromatic N) is 1. The summed E-state index contributed by atoms with van der Waals surface area (Å²) in [5, 5.41) is 0. The highest BCUT2D eigenvalue weighted by molar-refractivity contribution is 5.80. The summed E-state index contributed by atoms with van der Waals surface area (Å²) >= 11 is 0. The minimum atomic E-state index is -0.470. The molecule has 0 aliphatic heterocycles. The summed E-state index contributed by atoms with van der Waals surface area (Å²) in [6, 6.07) is 6.12. The van der Waals surface area contributed by atoms with E-state index in [9.17, 15) is 4.79 Å². The Morgan fingerprint density at radius 1 is 1.43 bits per heavy atom. The fourth-order valence-corrected chi connectivity index (χ4v) is 2.93. The van der Waals surface area contributed by atoms with E-state index in [4.69, 9.17) is 10.5 Å². The molecular formula is C17H26N2O2. The van der Waals surface area contributed by atoms with Crippen molar-refractivity contribution in [2.75, 3.05) is 13.1 Å². The number of likely N-dealkylation sites (N-methyl/N-ethyl adjacent to an activating group) is 1. The maximum absolute atomic E-state index is 12.2. The molecular weight excluding hydrogens is 264 g/mol. The van der Waals surface area contributed by atoms with Crippen LogP contribution in [0.2, 0.25) is 0 Å². The van der Waals surface area contributed by atoms with Crippen molar-refractivity contribution < 1.29 is 9.53 Å². The Hall–Kier alpha value is -1.55. The Morgan fingerprint density at radius 2 is 2.14 bits per heavy atom. The Bertz CT molecular complexity index is 498. The van der Waals surface area contributed by atoms with Crippen LogP contribution >= 0.6 is 0 Å². The lowest BCUT2D eigenvalue weighted by molar-refractivity contribution is -0.137. The molecule has 0 heterocycles. The lowest BCUT2D eigenvalue weighted by Gasteiger charge is -2.25. The fraction of sp³-hybridized carbons (Fsp3) is 0.588. The quantitative estimate of drug-likeness (QED) is 0.907. The first kappa shape index (κ1) is 15.8. The average Bonchev–Trinajstić information content (AvgIpc) is 2.49. The van der Waals surface area contributed by atoms with E-state index in [1.807, 2.05) is 26.0 Å². The number of carbonyl (C=O) groups excluding carboxylic acids is 1. The van der Waals surface area contributed by atoms with Gasteiger partial charge in [0.2, 0.25) is 0 Å². The van der Waals surface area contributed by atoms with Crippen LogP contribution in [0.15, 0.2) is 18.2 Å². The van der Waals surface area contributed by atoms with E-state index in [1.165, 1.54) is 11.1 Å². The van der Waals surface area contributed by atoms with Gasteiger partial charge in [-0.3, -0.25) is 4.79 Å². The third-order valence-corrected chi connectivity index (χ3v) is 4.21. The number of fused-ring (bicyclic) bond motifs is 1. The van der Waals surface area contributed by atoms with E-state index in [0.29, 0.717) is 13.1 Å². The minimum Gasteiger partial charge on any atom is -0.481 e. The molecule has 1 amide bonds. The summed E-state index contributed by atoms with van der Waals surface area (Å²) in [4.78, 5) is 14.0. The molecule has 1 aliphatic carbocycles. The molecule has 1 aromatic rings. The molecule has 0 radical (unpaired) electrons. The smallest absolute Gasteiger partial charge is 0.263 e. The summed E-state index contributed by atoms with van der Waals surface area (Å²) in [6.07, 6.45) is 2.77. The monoisotopic (exact) mass is 290 g/mol. The Kier molecular flexibility index (Phi) is 5.23. The third-order valence-electron chi connectivity index (χ3n) is 4.21. The number of amides is 1. The second-order valence-electron chi connectivity index (χ2n) is 5.63. The van der Waals surface area contributed by atoms with Crippen LogP contribution < -0.4 is 10.5 Å². The highest BCUT2D eigenvalue weighted by Crippen LogP contribution is 2.31. The average molecular weight is 290 g/mol. The molecule has 1 aromatic carbocycles. The summed E-state index contributed by atoms with van der Waals surface area (Å²) in [6.45, 7) is 7.17. The molecule has 0 fully saturated rings. The van der Waals surface area contributed by atoms with Crippen molar-refractivity contribution in [2.45, 2.75) is 52.2 Å². The number of rotatable bonds is 5. The van der Waals surface area contributed by atoms with Crippen molar-refractivity contribution in [1.29, 1.82) is 0 Å². The van der Waals surface area contributed by atoms with E-state index >= 15 is 0 Å². The summed E-state index contributed by atoms with van der Waals surface area (Å²) < 4.78 is 5.83. The predicted molar refractivity (Wildman–Crippen MR) is 84.3 cm³/mol. The van der Waals surface area contributed by atoms with Crippen LogP contribution in [0.5, 0.6) is 5.75 Å². The molecule has 4 nitrogen and oxygen atoms in total. The lowest BCUT2D eigenvalue weighted by Crippen LogP contribution is -2.40. The van der Waals surface area contributed by atoms with Gasteiger partial charge in [-0.1, -0.05) is 6.07 Å². The molecule has 2 atom stereocenters. The molecule has 1 unspecified atom stereocenters. The van der Waals surface area contributed by atoms with E-state index in [2.05, 4.69) is 6.07 Å². The van der Waals surface area contributed by atoms with E-state index in [-0.39, 0.29) is 11.9 Å². The molecule has 116 valence electrons. The van der Waals surface area contributed by atoms with Gasteiger partial charge in [-0.25, -0.2) is 0 Å². The van der Waals surface area contributed by atoms with Crippen molar-refractivity contribution in [2.24, 2.45) is 5.73 Å². The summed E-state index contributed by atoms with van der Waals surface area (Å²) in [5.41, 5.74) is 8.64. The second kappa shape index (κ2) is 6.94. The van der Waals surface area contributed by atoms with E-state index < -0.39 is 6.10 Å². The topological polar surface area (TPSA) is 55.6 Å². The highest BCUT2D eigenvalue weighted by Gasteiger charge is 2.21. The number of aryl methyl sites for hydroxylation is 1. The number of hydrogen-bond acceptors (Lipinski definition) is 3. The maximum Gasteiger partial charge on any atom is 0.263 e. The molecule has 4 heteroatoms. The SMILES string of the molecule is CCN(CC)C(=O)C(C)Oc1ccc2c(c1)[C@H](N)CCC2. The molecule has 2 rings (SSSR count). The van der Waals surface area contributed by atoms with Gasteiger partial charge in [-0.2, -0.15) is 0 Å². The number of carbonyl (C=O) groups is 1. The molecule has 2 N–H and O–H groups in total. The number of benzene rings is 1. The van der Waals surface area contributed by atoms with E-state index in [0.717, 1.165) is 25.0 Å². The first-order chi connectivity index (χ1) is 10.1. The largest absolute Gasteiger partial charge is 0.481 e. The highest BCUT2D eigenvalue weighted by atomic mass is 16.5. The van der Waals surface area contributed by atoms with Crippen molar-refractivity contribution in [3.63, 3.8) is 0 Å². The first-order valence-electron chi connectivity index (χ1n) is 7.90. The Labute approximate surface area is 127 Å². The lowest BCUT2D eigenvalue weighted by atomic mass is 9.88. The van der Waals surface area contributed by atoms with Gasteiger partial charge in [-0.15, -0.1) is 0 Å². The predicted octanol–water partition coefficient (Wildman–Crippen LogP) is 2.66. The minimum absolute atomic E-state index is 0.0296. The Morgan fingerprint density at radius 3 is 2.81 bits per heavy atom. The number of hydrogen-bond donors (Lipinski definition) is 1. The van der Waals surface area contributed by atoms with Gasteiger partial charge in [0.1, 0.15) is 5.75 Å². The zero-order valence-electron chi connectivity index (χ0n) is 13.3. The van der Waals surface area contributed by atoms with Crippen molar-refractivity contribution in [1.82, 2.24) is 4.90 Å². The van der Waals surface area contributed by atoms with Gasteiger partial charge in [0.15, 0.2) is 6.10 Å². The van der Waals surface area contributed by atoms with Crippen LogP contribution in [0.3, 0.4) is 0 Å². The second-order valence-corrected chi connectivity index (χ2v) is 5.63. The molecule has 0 bridgehead atoms.